The van der Waals surface area contributed by atoms with Crippen molar-refractivity contribution in [2.24, 2.45) is 0 Å². The maximum absolute atomic E-state index is 12.0. The van der Waals surface area contributed by atoms with E-state index in [2.05, 4.69) is 5.32 Å². The summed E-state index contributed by atoms with van der Waals surface area (Å²) in [5, 5.41) is 2.92. The third kappa shape index (κ3) is 3.14. The smallest absolute Gasteiger partial charge is 0.182 e. The van der Waals surface area contributed by atoms with Crippen LogP contribution in [-0.4, -0.2) is 33.0 Å². The van der Waals surface area contributed by atoms with E-state index in [1.807, 2.05) is 0 Å². The molecule has 0 atom stereocenters. The summed E-state index contributed by atoms with van der Waals surface area (Å²) in [4.78, 5) is 12.3. The predicted molar refractivity (Wildman–Crippen MR) is 67.0 cm³/mol. The van der Waals surface area contributed by atoms with Crippen LogP contribution in [0.3, 0.4) is 0 Å². The van der Waals surface area contributed by atoms with Crippen molar-refractivity contribution in [2.45, 2.75) is 24.3 Å². The average Bonchev–Trinajstić information content (AvgIpc) is 2.27. The Balaban J connectivity index is 3.09. The van der Waals surface area contributed by atoms with Gasteiger partial charge < -0.3 is 5.32 Å². The Kier molecular flexibility index (Phi) is 3.74. The van der Waals surface area contributed by atoms with Crippen molar-refractivity contribution in [3.8, 4) is 0 Å². The van der Waals surface area contributed by atoms with Crippen LogP contribution in [0.2, 0.25) is 0 Å². The van der Waals surface area contributed by atoms with Gasteiger partial charge in [0.1, 0.15) is 0 Å². The van der Waals surface area contributed by atoms with Crippen LogP contribution in [-0.2, 0) is 9.84 Å². The predicted octanol–water partition coefficient (Wildman–Crippen LogP) is 1.27. The number of hydrogen-bond donors (Lipinski definition) is 1. The molecule has 0 radical (unpaired) electrons. The van der Waals surface area contributed by atoms with Crippen molar-refractivity contribution in [1.82, 2.24) is 5.32 Å². The molecule has 0 spiro atoms. The Morgan fingerprint density at radius 3 is 2.00 bits per heavy atom. The maximum Gasteiger partial charge on any atom is 0.182 e. The first-order chi connectivity index (χ1) is 7.68. The normalized spacial score (nSPS) is 12.5. The molecule has 0 bridgehead atoms. The van der Waals surface area contributed by atoms with Crippen molar-refractivity contribution in [2.75, 3.05) is 13.3 Å². The standard InChI is InChI=1S/C12H17NO3S/c1-12(2,13-3)11(14)9-5-7-10(8-6-9)17(4,15)16/h5-8,13H,1-4H3. The molecule has 1 rings (SSSR count). The van der Waals surface area contributed by atoms with Gasteiger partial charge in [-0.2, -0.15) is 0 Å². The van der Waals surface area contributed by atoms with Gasteiger partial charge in [-0.1, -0.05) is 12.1 Å². The molecule has 0 amide bonds. The lowest BCUT2D eigenvalue weighted by Crippen LogP contribution is -2.44. The molecule has 0 fully saturated rings. The van der Waals surface area contributed by atoms with Crippen LogP contribution in [0, 0.1) is 0 Å². The largest absolute Gasteiger partial charge is 0.308 e. The van der Waals surface area contributed by atoms with E-state index in [4.69, 9.17) is 0 Å². The quantitative estimate of drug-likeness (QED) is 0.823. The number of benzene rings is 1. The highest BCUT2D eigenvalue weighted by molar-refractivity contribution is 7.90. The summed E-state index contributed by atoms with van der Waals surface area (Å²) >= 11 is 0. The van der Waals surface area contributed by atoms with Crippen LogP contribution in [0.25, 0.3) is 0 Å². The molecule has 4 nitrogen and oxygen atoms in total. The van der Waals surface area contributed by atoms with Gasteiger partial charge in [-0.3, -0.25) is 4.79 Å². The minimum Gasteiger partial charge on any atom is -0.308 e. The molecule has 0 aromatic heterocycles. The van der Waals surface area contributed by atoms with Gasteiger partial charge in [0, 0.05) is 11.8 Å². The van der Waals surface area contributed by atoms with E-state index in [1.54, 1.807) is 20.9 Å². The summed E-state index contributed by atoms with van der Waals surface area (Å²) in [5.74, 6) is -0.0694. The van der Waals surface area contributed by atoms with Crippen molar-refractivity contribution in [3.63, 3.8) is 0 Å². The van der Waals surface area contributed by atoms with E-state index < -0.39 is 15.4 Å². The number of likely N-dealkylation sites (N-methyl/N-ethyl adjacent to an activating group) is 1. The molecule has 0 heterocycles. The minimum absolute atomic E-state index is 0.0694. The van der Waals surface area contributed by atoms with Crippen molar-refractivity contribution < 1.29 is 13.2 Å². The van der Waals surface area contributed by atoms with Crippen LogP contribution in [0.4, 0.5) is 0 Å². The summed E-state index contributed by atoms with van der Waals surface area (Å²) < 4.78 is 22.5. The fraction of sp³-hybridized carbons (Fsp3) is 0.417. The van der Waals surface area contributed by atoms with Crippen LogP contribution in [0.15, 0.2) is 29.2 Å². The third-order valence-corrected chi connectivity index (χ3v) is 3.87. The molecule has 0 saturated heterocycles. The lowest BCUT2D eigenvalue weighted by molar-refractivity contribution is 0.0889. The number of carbonyl (C=O) groups excluding carboxylic acids is 1. The van der Waals surface area contributed by atoms with E-state index in [0.29, 0.717) is 5.56 Å². The number of nitrogens with one attached hydrogen (secondary N) is 1. The van der Waals surface area contributed by atoms with Gasteiger partial charge >= 0.3 is 0 Å². The first kappa shape index (κ1) is 13.9. The number of sulfone groups is 1. The van der Waals surface area contributed by atoms with Gasteiger partial charge in [-0.15, -0.1) is 0 Å². The van der Waals surface area contributed by atoms with Gasteiger partial charge in [-0.25, -0.2) is 8.42 Å². The Labute approximate surface area is 102 Å². The van der Waals surface area contributed by atoms with Crippen molar-refractivity contribution in [3.05, 3.63) is 29.8 Å². The summed E-state index contributed by atoms with van der Waals surface area (Å²) in [6.45, 7) is 3.56. The molecule has 0 aliphatic carbocycles. The van der Waals surface area contributed by atoms with Gasteiger partial charge in [0.05, 0.1) is 10.4 Å². The molecule has 17 heavy (non-hydrogen) atoms. The first-order valence-electron chi connectivity index (χ1n) is 5.22. The second-order valence-corrected chi connectivity index (χ2v) is 6.52. The molecule has 0 saturated carbocycles. The molecule has 1 aromatic rings. The van der Waals surface area contributed by atoms with Crippen molar-refractivity contribution >= 4 is 15.6 Å². The number of rotatable bonds is 4. The molecular weight excluding hydrogens is 238 g/mol. The monoisotopic (exact) mass is 255 g/mol. The number of ketones is 1. The van der Waals surface area contributed by atoms with E-state index in [1.165, 1.54) is 24.3 Å². The SMILES string of the molecule is CNC(C)(C)C(=O)c1ccc(S(C)(=O)=O)cc1. The highest BCUT2D eigenvalue weighted by Crippen LogP contribution is 2.15. The molecule has 0 aliphatic rings. The molecule has 94 valence electrons. The van der Waals surface area contributed by atoms with E-state index in [0.717, 1.165) is 6.26 Å². The second-order valence-electron chi connectivity index (χ2n) is 4.50. The maximum atomic E-state index is 12.0. The van der Waals surface area contributed by atoms with E-state index in [-0.39, 0.29) is 10.7 Å². The Hall–Kier alpha value is -1.20. The number of Topliss-reactive ketones (excluding diaryl/α,β-unsaturated/α-hetero) is 1. The van der Waals surface area contributed by atoms with Crippen LogP contribution in [0.5, 0.6) is 0 Å². The zero-order chi connectivity index (χ0) is 13.3. The van der Waals surface area contributed by atoms with Gasteiger partial charge in [-0.05, 0) is 33.0 Å². The Morgan fingerprint density at radius 2 is 1.65 bits per heavy atom. The van der Waals surface area contributed by atoms with Crippen LogP contribution < -0.4 is 5.32 Å². The van der Waals surface area contributed by atoms with Crippen molar-refractivity contribution in [1.29, 1.82) is 0 Å². The lowest BCUT2D eigenvalue weighted by Gasteiger charge is -2.22. The zero-order valence-electron chi connectivity index (χ0n) is 10.4. The average molecular weight is 255 g/mol. The third-order valence-electron chi connectivity index (χ3n) is 2.74. The second kappa shape index (κ2) is 4.58. The van der Waals surface area contributed by atoms with Crippen LogP contribution in [0.1, 0.15) is 24.2 Å². The first-order valence-corrected chi connectivity index (χ1v) is 7.11. The molecule has 0 aliphatic heterocycles. The minimum atomic E-state index is -3.21. The topological polar surface area (TPSA) is 63.2 Å². The van der Waals surface area contributed by atoms with E-state index in [9.17, 15) is 13.2 Å². The van der Waals surface area contributed by atoms with Crippen LogP contribution >= 0.6 is 0 Å². The molecule has 0 unspecified atom stereocenters. The summed E-state index contributed by atoms with van der Waals surface area (Å²) in [5.41, 5.74) is -0.163. The zero-order valence-corrected chi connectivity index (χ0v) is 11.3. The van der Waals surface area contributed by atoms with Gasteiger partial charge in [0.25, 0.3) is 0 Å². The summed E-state index contributed by atoms with van der Waals surface area (Å²) in [6, 6.07) is 5.98. The summed E-state index contributed by atoms with van der Waals surface area (Å²) in [6.07, 6.45) is 1.14. The lowest BCUT2D eigenvalue weighted by atomic mass is 9.93. The molecular formula is C12H17NO3S. The molecule has 1 N–H and O–H groups in total. The number of carbonyl (C=O) groups is 1. The fourth-order valence-electron chi connectivity index (χ4n) is 1.33. The molecule has 1 aromatic carbocycles. The van der Waals surface area contributed by atoms with Gasteiger partial charge in [0.2, 0.25) is 0 Å². The number of hydrogen-bond acceptors (Lipinski definition) is 4. The highest BCUT2D eigenvalue weighted by atomic mass is 32.2. The van der Waals surface area contributed by atoms with Gasteiger partial charge in [0.15, 0.2) is 15.6 Å². The fourth-order valence-corrected chi connectivity index (χ4v) is 1.96. The summed E-state index contributed by atoms with van der Waals surface area (Å²) in [7, 11) is -1.50. The Morgan fingerprint density at radius 1 is 1.18 bits per heavy atom. The molecule has 5 heteroatoms. The highest BCUT2D eigenvalue weighted by Gasteiger charge is 2.26. The van der Waals surface area contributed by atoms with E-state index >= 15 is 0 Å². The Bertz CT molecular complexity index is 515.